The molecule has 0 spiro atoms. The fraction of sp³-hybridized carbons (Fsp3) is 0.0526. The van der Waals surface area contributed by atoms with E-state index >= 15 is 0 Å². The minimum atomic E-state index is -3.80. The predicted octanol–water partition coefficient (Wildman–Crippen LogP) is 4.56. The van der Waals surface area contributed by atoms with E-state index in [4.69, 9.17) is 4.52 Å². The van der Waals surface area contributed by atoms with Gasteiger partial charge in [0.1, 0.15) is 5.76 Å². The smallest absolute Gasteiger partial charge is 0.270 e. The molecule has 0 aliphatic carbocycles. The summed E-state index contributed by atoms with van der Waals surface area (Å²) in [5.41, 5.74) is 1.86. The highest BCUT2D eigenvalue weighted by Gasteiger charge is 2.16. The normalized spacial score (nSPS) is 11.3. The summed E-state index contributed by atoms with van der Waals surface area (Å²) in [5.74, 6) is 0.598. The molecule has 2 N–H and O–H groups in total. The zero-order valence-corrected chi connectivity index (χ0v) is 17.6. The highest BCUT2D eigenvalue weighted by Crippen LogP contribution is 2.29. The van der Waals surface area contributed by atoms with Gasteiger partial charge < -0.3 is 9.84 Å². The van der Waals surface area contributed by atoms with Crippen molar-refractivity contribution >= 4 is 43.7 Å². The Balaban J connectivity index is 1.47. The maximum Gasteiger partial charge on any atom is 0.270 e. The number of benzene rings is 2. The van der Waals surface area contributed by atoms with Crippen LogP contribution in [0.3, 0.4) is 0 Å². The Hall–Kier alpha value is -3.77. The van der Waals surface area contributed by atoms with Gasteiger partial charge in [-0.15, -0.1) is 11.3 Å². The molecule has 2 aromatic carbocycles. The lowest BCUT2D eigenvalue weighted by Gasteiger charge is -2.07. The van der Waals surface area contributed by atoms with Crippen LogP contribution in [0.2, 0.25) is 0 Å². The van der Waals surface area contributed by atoms with Gasteiger partial charge in [0.25, 0.3) is 15.7 Å². The van der Waals surface area contributed by atoms with Gasteiger partial charge in [-0.2, -0.15) is 0 Å². The number of rotatable bonds is 7. The molecule has 4 rings (SSSR count). The van der Waals surface area contributed by atoms with Crippen molar-refractivity contribution in [3.05, 3.63) is 75.9 Å². The number of nitrogens with one attached hydrogen (secondary N) is 2. The minimum Gasteiger partial charge on any atom is -0.360 e. The van der Waals surface area contributed by atoms with E-state index in [0.29, 0.717) is 27.8 Å². The highest BCUT2D eigenvalue weighted by atomic mass is 32.2. The molecule has 0 fully saturated rings. The summed E-state index contributed by atoms with van der Waals surface area (Å²) in [6, 6.07) is 13.8. The number of nitrogens with zero attached hydrogens (tertiary/aromatic N) is 3. The van der Waals surface area contributed by atoms with Crippen molar-refractivity contribution in [2.75, 3.05) is 10.0 Å². The molecule has 0 atom stereocenters. The lowest BCUT2D eigenvalue weighted by atomic mass is 10.1. The Bertz CT molecular complexity index is 1350. The van der Waals surface area contributed by atoms with Gasteiger partial charge in [0, 0.05) is 34.8 Å². The summed E-state index contributed by atoms with van der Waals surface area (Å²) in [5, 5.41) is 20.0. The van der Waals surface area contributed by atoms with E-state index in [9.17, 15) is 18.5 Å². The molecule has 0 radical (unpaired) electrons. The van der Waals surface area contributed by atoms with Crippen LogP contribution in [0, 0.1) is 17.0 Å². The number of anilines is 3. The fourth-order valence-electron chi connectivity index (χ4n) is 2.69. The molecular formula is C19H15N5O5S2. The quantitative estimate of drug-likeness (QED) is 0.304. The van der Waals surface area contributed by atoms with Crippen molar-refractivity contribution in [1.29, 1.82) is 0 Å². The fourth-order valence-corrected chi connectivity index (χ4v) is 4.42. The van der Waals surface area contributed by atoms with Crippen molar-refractivity contribution in [2.24, 2.45) is 0 Å². The number of aromatic nitrogens is 2. The predicted molar refractivity (Wildman–Crippen MR) is 116 cm³/mol. The maximum absolute atomic E-state index is 12.4. The zero-order chi connectivity index (χ0) is 22.0. The second-order valence-electron chi connectivity index (χ2n) is 6.42. The maximum atomic E-state index is 12.4. The third-order valence-electron chi connectivity index (χ3n) is 4.14. The SMILES string of the molecule is Cc1cc(NS(=O)(=O)c2ccc(Nc3nc(-c4cccc([N+](=O)[O-])c4)cs3)cc2)no1. The molecule has 158 valence electrons. The first-order valence-corrected chi connectivity index (χ1v) is 11.2. The Kier molecular flexibility index (Phi) is 5.40. The lowest BCUT2D eigenvalue weighted by Crippen LogP contribution is -2.13. The molecule has 4 aromatic rings. The molecule has 0 aliphatic rings. The van der Waals surface area contributed by atoms with Gasteiger partial charge in [0.2, 0.25) is 0 Å². The molecule has 0 amide bonds. The Morgan fingerprint density at radius 2 is 1.90 bits per heavy atom. The monoisotopic (exact) mass is 457 g/mol. The van der Waals surface area contributed by atoms with Crippen LogP contribution >= 0.6 is 11.3 Å². The Morgan fingerprint density at radius 3 is 2.58 bits per heavy atom. The van der Waals surface area contributed by atoms with Crippen LogP contribution in [0.15, 0.2) is 69.4 Å². The topological polar surface area (TPSA) is 140 Å². The number of nitro benzene ring substituents is 1. The average molecular weight is 457 g/mol. The van der Waals surface area contributed by atoms with Crippen molar-refractivity contribution in [3.63, 3.8) is 0 Å². The zero-order valence-electron chi connectivity index (χ0n) is 16.0. The number of aryl methyl sites for hydroxylation is 1. The van der Waals surface area contributed by atoms with Crippen LogP contribution in [-0.4, -0.2) is 23.5 Å². The standard InChI is InChI=1S/C19H15N5O5S2/c1-12-9-18(22-29-12)23-31(27,28)16-7-5-14(6-8-16)20-19-21-17(11-30-19)13-3-2-4-15(10-13)24(25)26/h2-11H,1H3,(H,20,21)(H,22,23). The second kappa shape index (κ2) is 8.16. The molecule has 0 saturated carbocycles. The highest BCUT2D eigenvalue weighted by molar-refractivity contribution is 7.92. The lowest BCUT2D eigenvalue weighted by molar-refractivity contribution is -0.384. The molecule has 0 aliphatic heterocycles. The van der Waals surface area contributed by atoms with E-state index in [-0.39, 0.29) is 16.4 Å². The number of nitro groups is 1. The molecule has 0 saturated heterocycles. The van der Waals surface area contributed by atoms with Gasteiger partial charge >= 0.3 is 0 Å². The van der Waals surface area contributed by atoms with Crippen LogP contribution in [0.5, 0.6) is 0 Å². The van der Waals surface area contributed by atoms with E-state index in [2.05, 4.69) is 20.2 Å². The van der Waals surface area contributed by atoms with Gasteiger partial charge in [-0.25, -0.2) is 13.4 Å². The first kappa shape index (κ1) is 20.5. The van der Waals surface area contributed by atoms with Gasteiger partial charge in [0.15, 0.2) is 10.9 Å². The molecule has 12 heteroatoms. The van der Waals surface area contributed by atoms with E-state index in [1.807, 2.05) is 0 Å². The summed E-state index contributed by atoms with van der Waals surface area (Å²) >= 11 is 1.33. The van der Waals surface area contributed by atoms with Crippen LogP contribution in [-0.2, 0) is 10.0 Å². The first-order valence-electron chi connectivity index (χ1n) is 8.84. The van der Waals surface area contributed by atoms with Gasteiger partial charge in [-0.3, -0.25) is 14.8 Å². The van der Waals surface area contributed by atoms with Gasteiger partial charge in [-0.05, 0) is 31.2 Å². The molecule has 2 aromatic heterocycles. The Labute approximate surface area is 180 Å². The number of hydrogen-bond donors (Lipinski definition) is 2. The minimum absolute atomic E-state index is 0.00815. The van der Waals surface area contributed by atoms with Gasteiger partial charge in [-0.1, -0.05) is 17.3 Å². The summed E-state index contributed by atoms with van der Waals surface area (Å²) in [4.78, 5) is 15.0. The van der Waals surface area contributed by atoms with E-state index in [0.717, 1.165) is 0 Å². The van der Waals surface area contributed by atoms with Crippen LogP contribution < -0.4 is 10.0 Å². The number of hydrogen-bond acceptors (Lipinski definition) is 9. The van der Waals surface area contributed by atoms with Crippen molar-refractivity contribution < 1.29 is 17.9 Å². The third-order valence-corrected chi connectivity index (χ3v) is 6.27. The molecule has 0 bridgehead atoms. The summed E-state index contributed by atoms with van der Waals surface area (Å²) in [7, 11) is -3.80. The Morgan fingerprint density at radius 1 is 1.13 bits per heavy atom. The largest absolute Gasteiger partial charge is 0.360 e. The first-order chi connectivity index (χ1) is 14.8. The van der Waals surface area contributed by atoms with Crippen molar-refractivity contribution in [1.82, 2.24) is 10.1 Å². The summed E-state index contributed by atoms with van der Waals surface area (Å²) in [6.07, 6.45) is 0. The van der Waals surface area contributed by atoms with E-state index in [1.54, 1.807) is 36.6 Å². The molecular weight excluding hydrogens is 442 g/mol. The average Bonchev–Trinajstić information content (AvgIpc) is 3.37. The number of non-ortho nitro benzene ring substituents is 1. The third kappa shape index (κ3) is 4.70. The molecule has 2 heterocycles. The van der Waals surface area contributed by atoms with Crippen LogP contribution in [0.1, 0.15) is 5.76 Å². The van der Waals surface area contributed by atoms with Crippen molar-refractivity contribution in [2.45, 2.75) is 11.8 Å². The second-order valence-corrected chi connectivity index (χ2v) is 8.96. The molecule has 0 unspecified atom stereocenters. The number of thiazole rings is 1. The van der Waals surface area contributed by atoms with E-state index < -0.39 is 14.9 Å². The van der Waals surface area contributed by atoms with Crippen LogP contribution in [0.25, 0.3) is 11.3 Å². The van der Waals surface area contributed by atoms with Gasteiger partial charge in [0.05, 0.1) is 15.5 Å². The van der Waals surface area contributed by atoms with Crippen molar-refractivity contribution in [3.8, 4) is 11.3 Å². The summed E-state index contributed by atoms with van der Waals surface area (Å²) < 4.78 is 32.1. The molecule has 10 nitrogen and oxygen atoms in total. The summed E-state index contributed by atoms with van der Waals surface area (Å²) in [6.45, 7) is 1.66. The van der Waals surface area contributed by atoms with E-state index in [1.165, 1.54) is 41.7 Å². The molecule has 31 heavy (non-hydrogen) atoms. The number of sulfonamides is 1. The van der Waals surface area contributed by atoms with Crippen LogP contribution in [0.4, 0.5) is 22.3 Å².